The second kappa shape index (κ2) is 8.79. The Hall–Kier alpha value is -1.30. The number of aromatic carboxylic acids is 1. The van der Waals surface area contributed by atoms with E-state index in [1.54, 1.807) is 32.4 Å². The average molecular weight is 302 g/mol. The van der Waals surface area contributed by atoms with Gasteiger partial charge in [-0.3, -0.25) is 0 Å². The van der Waals surface area contributed by atoms with Crippen LogP contribution in [0.5, 0.6) is 0 Å². The third-order valence-corrected chi connectivity index (χ3v) is 3.18. The molecule has 0 atom stereocenters. The number of para-hydroxylation sites is 1. The van der Waals surface area contributed by atoms with Crippen molar-refractivity contribution in [2.24, 2.45) is 0 Å². The lowest BCUT2D eigenvalue weighted by Gasteiger charge is -2.27. The Labute approximate surface area is 124 Å². The number of hydrogen-bond acceptors (Lipinski definition) is 4. The monoisotopic (exact) mass is 301 g/mol. The van der Waals surface area contributed by atoms with Gasteiger partial charge in [-0.2, -0.15) is 0 Å². The van der Waals surface area contributed by atoms with Crippen LogP contribution in [-0.2, 0) is 9.47 Å². The number of carboxylic acids is 1. The largest absolute Gasteiger partial charge is 0.478 e. The first-order valence-electron chi connectivity index (χ1n) is 6.36. The van der Waals surface area contributed by atoms with Crippen molar-refractivity contribution in [1.82, 2.24) is 0 Å². The van der Waals surface area contributed by atoms with Crippen LogP contribution in [0.3, 0.4) is 0 Å². The summed E-state index contributed by atoms with van der Waals surface area (Å²) in [4.78, 5) is 13.3. The van der Waals surface area contributed by atoms with Crippen molar-refractivity contribution >= 4 is 23.3 Å². The molecule has 0 heterocycles. The van der Waals surface area contributed by atoms with Gasteiger partial charge in [0, 0.05) is 33.9 Å². The fourth-order valence-corrected chi connectivity index (χ4v) is 2.24. The number of carbonyl (C=O) groups is 1. The van der Waals surface area contributed by atoms with E-state index in [1.165, 1.54) is 0 Å². The Morgan fingerprint density at radius 3 is 2.55 bits per heavy atom. The summed E-state index contributed by atoms with van der Waals surface area (Å²) >= 11 is 6.18. The van der Waals surface area contributed by atoms with E-state index >= 15 is 0 Å². The minimum atomic E-state index is -0.989. The average Bonchev–Trinajstić information content (AvgIpc) is 2.43. The fraction of sp³-hybridized carbons (Fsp3) is 0.500. The zero-order valence-corrected chi connectivity index (χ0v) is 12.5. The van der Waals surface area contributed by atoms with Crippen molar-refractivity contribution in [3.05, 3.63) is 28.8 Å². The predicted octanol–water partition coefficient (Wildman–Crippen LogP) is 2.53. The van der Waals surface area contributed by atoms with Crippen LogP contribution < -0.4 is 4.90 Å². The molecule has 1 N–H and O–H groups in total. The van der Waals surface area contributed by atoms with Gasteiger partial charge in [0.1, 0.15) is 0 Å². The number of anilines is 1. The maximum Gasteiger partial charge on any atom is 0.337 e. The van der Waals surface area contributed by atoms with Gasteiger partial charge < -0.3 is 19.5 Å². The van der Waals surface area contributed by atoms with Gasteiger partial charge in [-0.25, -0.2) is 4.79 Å². The highest BCUT2D eigenvalue weighted by molar-refractivity contribution is 6.34. The van der Waals surface area contributed by atoms with Gasteiger partial charge in [0.25, 0.3) is 0 Å². The molecule has 1 aromatic carbocycles. The van der Waals surface area contributed by atoms with E-state index in [2.05, 4.69) is 0 Å². The summed E-state index contributed by atoms with van der Waals surface area (Å²) in [6, 6.07) is 4.89. The quantitative estimate of drug-likeness (QED) is 0.710. The lowest BCUT2D eigenvalue weighted by molar-refractivity contribution is 0.0697. The van der Waals surface area contributed by atoms with Gasteiger partial charge >= 0.3 is 5.97 Å². The standard InChI is InChI=1S/C14H20ClNO4/c1-19-9-4-7-16(8-10-20-2)13-11(14(17)18)5-3-6-12(13)15/h3,5-6H,4,7-10H2,1-2H3,(H,17,18). The van der Waals surface area contributed by atoms with Gasteiger partial charge in [-0.1, -0.05) is 17.7 Å². The van der Waals surface area contributed by atoms with Gasteiger partial charge in [0.15, 0.2) is 0 Å². The molecule has 1 rings (SSSR count). The molecule has 0 unspecified atom stereocenters. The summed E-state index contributed by atoms with van der Waals surface area (Å²) in [7, 11) is 3.25. The third-order valence-electron chi connectivity index (χ3n) is 2.88. The molecule has 0 aliphatic carbocycles. The SMILES string of the molecule is COCCCN(CCOC)c1c(Cl)cccc1C(=O)O. The lowest BCUT2D eigenvalue weighted by atomic mass is 10.1. The van der Waals surface area contributed by atoms with E-state index in [4.69, 9.17) is 21.1 Å². The highest BCUT2D eigenvalue weighted by Crippen LogP contribution is 2.30. The van der Waals surface area contributed by atoms with E-state index in [1.807, 2.05) is 4.90 Å². The Morgan fingerprint density at radius 2 is 1.95 bits per heavy atom. The molecule has 0 fully saturated rings. The van der Waals surface area contributed by atoms with Crippen LogP contribution in [-0.4, -0.2) is 51.6 Å². The highest BCUT2D eigenvalue weighted by Gasteiger charge is 2.18. The number of rotatable bonds is 9. The second-order valence-corrected chi connectivity index (χ2v) is 4.67. The molecule has 0 aromatic heterocycles. The number of hydrogen-bond donors (Lipinski definition) is 1. The highest BCUT2D eigenvalue weighted by atomic mass is 35.5. The smallest absolute Gasteiger partial charge is 0.337 e. The Balaban J connectivity index is 3.01. The van der Waals surface area contributed by atoms with Crippen LogP contribution in [0.25, 0.3) is 0 Å². The molecule has 0 saturated heterocycles. The van der Waals surface area contributed by atoms with Crippen molar-refractivity contribution in [3.63, 3.8) is 0 Å². The van der Waals surface area contributed by atoms with Crippen molar-refractivity contribution in [2.75, 3.05) is 45.4 Å². The minimum Gasteiger partial charge on any atom is -0.478 e. The molecule has 112 valence electrons. The molecular weight excluding hydrogens is 282 g/mol. The van der Waals surface area contributed by atoms with E-state index in [0.717, 1.165) is 6.42 Å². The van der Waals surface area contributed by atoms with Crippen LogP contribution in [0.4, 0.5) is 5.69 Å². The second-order valence-electron chi connectivity index (χ2n) is 4.27. The summed E-state index contributed by atoms with van der Waals surface area (Å²) in [6.07, 6.45) is 0.782. The predicted molar refractivity (Wildman–Crippen MR) is 79.0 cm³/mol. The molecular formula is C14H20ClNO4. The molecule has 0 saturated carbocycles. The molecule has 20 heavy (non-hydrogen) atoms. The van der Waals surface area contributed by atoms with Crippen LogP contribution in [0.2, 0.25) is 5.02 Å². The van der Waals surface area contributed by atoms with E-state index in [0.29, 0.717) is 37.0 Å². The normalized spacial score (nSPS) is 10.6. The first-order chi connectivity index (χ1) is 9.61. The van der Waals surface area contributed by atoms with E-state index < -0.39 is 5.97 Å². The maximum atomic E-state index is 11.3. The fourth-order valence-electron chi connectivity index (χ4n) is 1.95. The van der Waals surface area contributed by atoms with Crippen LogP contribution >= 0.6 is 11.6 Å². The van der Waals surface area contributed by atoms with Crippen LogP contribution in [0.1, 0.15) is 16.8 Å². The summed E-state index contributed by atoms with van der Waals surface area (Å²) in [5, 5.41) is 9.72. The number of methoxy groups -OCH3 is 2. The molecule has 0 aliphatic rings. The number of ether oxygens (including phenoxy) is 2. The van der Waals surface area contributed by atoms with Crippen molar-refractivity contribution in [2.45, 2.75) is 6.42 Å². The first kappa shape index (κ1) is 16.8. The number of carboxylic acid groups (broad SMARTS) is 1. The number of nitrogens with zero attached hydrogens (tertiary/aromatic N) is 1. The summed E-state index contributed by atoms with van der Waals surface area (Å²) in [6.45, 7) is 2.33. The maximum absolute atomic E-state index is 11.3. The summed E-state index contributed by atoms with van der Waals surface area (Å²) in [5.41, 5.74) is 0.737. The van der Waals surface area contributed by atoms with Crippen molar-refractivity contribution < 1.29 is 19.4 Å². The molecule has 0 spiro atoms. The van der Waals surface area contributed by atoms with Crippen LogP contribution in [0, 0.1) is 0 Å². The molecule has 0 aliphatic heterocycles. The number of benzene rings is 1. The molecule has 6 heteroatoms. The topological polar surface area (TPSA) is 59.0 Å². The molecule has 1 aromatic rings. The van der Waals surface area contributed by atoms with Crippen molar-refractivity contribution in [1.29, 1.82) is 0 Å². The minimum absolute atomic E-state index is 0.200. The van der Waals surface area contributed by atoms with E-state index in [-0.39, 0.29) is 5.56 Å². The molecule has 0 bridgehead atoms. The zero-order chi connectivity index (χ0) is 15.0. The summed E-state index contributed by atoms with van der Waals surface area (Å²) < 4.78 is 10.1. The van der Waals surface area contributed by atoms with Crippen molar-refractivity contribution in [3.8, 4) is 0 Å². The first-order valence-corrected chi connectivity index (χ1v) is 6.74. The molecule has 0 radical (unpaired) electrons. The Bertz CT molecular complexity index is 439. The van der Waals surface area contributed by atoms with E-state index in [9.17, 15) is 9.90 Å². The van der Waals surface area contributed by atoms with Gasteiger partial charge in [0.05, 0.1) is 22.9 Å². The molecule has 0 amide bonds. The van der Waals surface area contributed by atoms with Gasteiger partial charge in [0.2, 0.25) is 0 Å². The van der Waals surface area contributed by atoms with Gasteiger partial charge in [-0.05, 0) is 18.6 Å². The Kier molecular flexibility index (Phi) is 7.36. The van der Waals surface area contributed by atoms with Crippen LogP contribution in [0.15, 0.2) is 18.2 Å². The third kappa shape index (κ3) is 4.67. The summed E-state index contributed by atoms with van der Waals surface area (Å²) in [5.74, 6) is -0.989. The number of halogens is 1. The zero-order valence-electron chi connectivity index (χ0n) is 11.8. The van der Waals surface area contributed by atoms with Gasteiger partial charge in [-0.15, -0.1) is 0 Å². The lowest BCUT2D eigenvalue weighted by Crippen LogP contribution is -2.30. The Morgan fingerprint density at radius 1 is 1.25 bits per heavy atom. The molecule has 5 nitrogen and oxygen atoms in total.